The van der Waals surface area contributed by atoms with Crippen LogP contribution in [0.2, 0.25) is 0 Å². The Labute approximate surface area is 158 Å². The minimum atomic E-state index is -0.662. The molecule has 2 fully saturated rings. The number of carbonyl (C=O) groups is 1. The van der Waals surface area contributed by atoms with Crippen LogP contribution in [0, 0.1) is 5.92 Å². The molecule has 4 rings (SSSR count). The number of hydrogen-bond acceptors (Lipinski definition) is 6. The Hall–Kier alpha value is -2.51. The first-order valence-corrected chi connectivity index (χ1v) is 9.25. The van der Waals surface area contributed by atoms with E-state index in [9.17, 15) is 9.90 Å². The number of phenols is 1. The van der Waals surface area contributed by atoms with Crippen LogP contribution in [-0.4, -0.2) is 42.3 Å². The standard InChI is InChI=1S/C13H17N3O2.C7H8O2/c17-12-5-4-11(10-8-14-6-7-15-10)16(12)13(18)9-2-1-3-9;8-5-6-3-1-2-4-7(6)9/h6-9,11-12,17H,1-5H2;1-4,8-9H,5H2. The molecule has 2 aromatic rings. The van der Waals surface area contributed by atoms with Crippen LogP contribution in [0.25, 0.3) is 0 Å². The van der Waals surface area contributed by atoms with Gasteiger partial charge in [-0.3, -0.25) is 14.8 Å². The Bertz CT molecular complexity index is 752. The first-order chi connectivity index (χ1) is 13.1. The molecule has 2 unspecified atom stereocenters. The number of carbonyl (C=O) groups excluding carboxylic acids is 1. The van der Waals surface area contributed by atoms with E-state index in [1.165, 1.54) is 0 Å². The van der Waals surface area contributed by atoms with Crippen LogP contribution >= 0.6 is 0 Å². The van der Waals surface area contributed by atoms with Crippen molar-refractivity contribution >= 4 is 5.91 Å². The average Bonchev–Trinajstić information content (AvgIpc) is 3.03. The predicted molar refractivity (Wildman–Crippen MR) is 98.2 cm³/mol. The normalized spacial score (nSPS) is 21.9. The molecule has 1 saturated heterocycles. The Balaban J connectivity index is 0.000000197. The monoisotopic (exact) mass is 371 g/mol. The second-order valence-corrected chi connectivity index (χ2v) is 6.86. The topological polar surface area (TPSA) is 107 Å². The maximum absolute atomic E-state index is 12.3. The summed E-state index contributed by atoms with van der Waals surface area (Å²) in [5.74, 6) is 0.346. The van der Waals surface area contributed by atoms with E-state index in [1.807, 2.05) is 0 Å². The van der Waals surface area contributed by atoms with E-state index in [2.05, 4.69) is 9.97 Å². The molecule has 1 aromatic carbocycles. The van der Waals surface area contributed by atoms with E-state index in [0.29, 0.717) is 12.0 Å². The highest BCUT2D eigenvalue weighted by molar-refractivity contribution is 5.80. The van der Waals surface area contributed by atoms with Gasteiger partial charge in [0.25, 0.3) is 0 Å². The van der Waals surface area contributed by atoms with Crippen molar-refractivity contribution in [3.05, 3.63) is 54.1 Å². The quantitative estimate of drug-likeness (QED) is 0.763. The highest BCUT2D eigenvalue weighted by atomic mass is 16.3. The van der Waals surface area contributed by atoms with E-state index in [4.69, 9.17) is 10.2 Å². The highest BCUT2D eigenvalue weighted by Gasteiger charge is 2.41. The number of aromatic hydroxyl groups is 1. The van der Waals surface area contributed by atoms with Crippen LogP contribution in [0.1, 0.15) is 49.4 Å². The summed E-state index contributed by atoms with van der Waals surface area (Å²) < 4.78 is 0. The molecule has 7 heteroatoms. The van der Waals surface area contributed by atoms with Gasteiger partial charge in [-0.1, -0.05) is 24.6 Å². The van der Waals surface area contributed by atoms with Crippen LogP contribution in [0.3, 0.4) is 0 Å². The fourth-order valence-electron chi connectivity index (χ4n) is 3.38. The van der Waals surface area contributed by atoms with Gasteiger partial charge in [-0.05, 0) is 31.7 Å². The third-order valence-electron chi connectivity index (χ3n) is 5.15. The lowest BCUT2D eigenvalue weighted by molar-refractivity contribution is -0.148. The molecule has 1 aromatic heterocycles. The third kappa shape index (κ3) is 4.43. The summed E-state index contributed by atoms with van der Waals surface area (Å²) in [7, 11) is 0. The number of likely N-dealkylation sites (tertiary alicyclic amines) is 1. The largest absolute Gasteiger partial charge is 0.508 e. The van der Waals surface area contributed by atoms with Crippen molar-refractivity contribution in [1.29, 1.82) is 0 Å². The lowest BCUT2D eigenvalue weighted by atomic mass is 9.84. The molecule has 0 bridgehead atoms. The number of amides is 1. The van der Waals surface area contributed by atoms with Gasteiger partial charge in [0.05, 0.1) is 24.5 Å². The SMILES string of the molecule is O=C(C1CCC1)N1C(O)CCC1c1cnccn1.OCc1ccccc1O. The summed E-state index contributed by atoms with van der Waals surface area (Å²) in [5, 5.41) is 27.5. The van der Waals surface area contributed by atoms with E-state index < -0.39 is 6.23 Å². The van der Waals surface area contributed by atoms with E-state index in [1.54, 1.807) is 47.8 Å². The molecule has 2 heterocycles. The smallest absolute Gasteiger partial charge is 0.228 e. The predicted octanol–water partition coefficient (Wildman–Crippen LogP) is 2.14. The van der Waals surface area contributed by atoms with Crippen molar-refractivity contribution < 1.29 is 20.1 Å². The molecule has 0 radical (unpaired) electrons. The van der Waals surface area contributed by atoms with Crippen molar-refractivity contribution in [1.82, 2.24) is 14.9 Å². The van der Waals surface area contributed by atoms with Gasteiger partial charge in [0.15, 0.2) is 0 Å². The molecule has 3 N–H and O–H groups in total. The average molecular weight is 371 g/mol. The number of hydrogen-bond donors (Lipinski definition) is 3. The first kappa shape index (κ1) is 19.3. The van der Waals surface area contributed by atoms with Gasteiger partial charge < -0.3 is 20.2 Å². The van der Waals surface area contributed by atoms with Gasteiger partial charge in [0, 0.05) is 23.9 Å². The Morgan fingerprint density at radius 3 is 2.48 bits per heavy atom. The molecular formula is C20H25N3O4. The zero-order valence-corrected chi connectivity index (χ0v) is 15.1. The molecule has 1 amide bonds. The molecule has 2 atom stereocenters. The second kappa shape index (κ2) is 8.92. The fourth-order valence-corrected chi connectivity index (χ4v) is 3.38. The number of rotatable bonds is 3. The number of para-hydroxylation sites is 1. The molecule has 144 valence electrons. The maximum atomic E-state index is 12.3. The van der Waals surface area contributed by atoms with Crippen LogP contribution in [0.15, 0.2) is 42.9 Å². The molecule has 27 heavy (non-hydrogen) atoms. The van der Waals surface area contributed by atoms with Crippen molar-refractivity contribution in [2.75, 3.05) is 0 Å². The Morgan fingerprint density at radius 2 is 1.93 bits per heavy atom. The Kier molecular flexibility index (Phi) is 6.36. The second-order valence-electron chi connectivity index (χ2n) is 6.86. The number of nitrogens with zero attached hydrogens (tertiary/aromatic N) is 3. The fraction of sp³-hybridized carbons (Fsp3) is 0.450. The highest BCUT2D eigenvalue weighted by Crippen LogP contribution is 2.38. The number of aliphatic hydroxyl groups excluding tert-OH is 2. The van der Waals surface area contributed by atoms with Gasteiger partial charge in [-0.25, -0.2) is 0 Å². The molecule has 1 aliphatic heterocycles. The third-order valence-corrected chi connectivity index (χ3v) is 5.15. The summed E-state index contributed by atoms with van der Waals surface area (Å²) in [6, 6.07) is 6.60. The summed E-state index contributed by atoms with van der Waals surface area (Å²) in [6.45, 7) is -0.104. The maximum Gasteiger partial charge on any atom is 0.228 e. The van der Waals surface area contributed by atoms with E-state index >= 15 is 0 Å². The molecular weight excluding hydrogens is 346 g/mol. The minimum absolute atomic E-state index is 0.0851. The van der Waals surface area contributed by atoms with Crippen LogP contribution < -0.4 is 0 Å². The molecule has 0 spiro atoms. The van der Waals surface area contributed by atoms with Crippen LogP contribution in [-0.2, 0) is 11.4 Å². The lowest BCUT2D eigenvalue weighted by Gasteiger charge is -2.34. The van der Waals surface area contributed by atoms with Crippen LogP contribution in [0.5, 0.6) is 5.75 Å². The molecule has 7 nitrogen and oxygen atoms in total. The summed E-state index contributed by atoms with van der Waals surface area (Å²) in [6.07, 6.45) is 8.69. The summed E-state index contributed by atoms with van der Waals surface area (Å²) in [4.78, 5) is 22.3. The Morgan fingerprint density at radius 1 is 1.15 bits per heavy atom. The molecule has 1 aliphatic carbocycles. The van der Waals surface area contributed by atoms with Gasteiger partial charge in [-0.2, -0.15) is 0 Å². The van der Waals surface area contributed by atoms with Gasteiger partial charge >= 0.3 is 0 Å². The van der Waals surface area contributed by atoms with Gasteiger partial charge in [-0.15, -0.1) is 0 Å². The van der Waals surface area contributed by atoms with Gasteiger partial charge in [0.2, 0.25) is 5.91 Å². The van der Waals surface area contributed by atoms with E-state index in [-0.39, 0.29) is 30.2 Å². The van der Waals surface area contributed by atoms with Crippen molar-refractivity contribution in [2.45, 2.75) is 51.0 Å². The first-order valence-electron chi connectivity index (χ1n) is 9.25. The van der Waals surface area contributed by atoms with Gasteiger partial charge in [0.1, 0.15) is 12.0 Å². The van der Waals surface area contributed by atoms with Crippen molar-refractivity contribution in [3.8, 4) is 5.75 Å². The van der Waals surface area contributed by atoms with E-state index in [0.717, 1.165) is 31.4 Å². The van der Waals surface area contributed by atoms with Crippen LogP contribution in [0.4, 0.5) is 0 Å². The minimum Gasteiger partial charge on any atom is -0.508 e. The summed E-state index contributed by atoms with van der Waals surface area (Å²) >= 11 is 0. The number of aromatic nitrogens is 2. The lowest BCUT2D eigenvalue weighted by Crippen LogP contribution is -2.43. The zero-order chi connectivity index (χ0) is 19.2. The molecule has 2 aliphatic rings. The van der Waals surface area contributed by atoms with Crippen molar-refractivity contribution in [2.24, 2.45) is 5.92 Å². The number of aliphatic hydroxyl groups is 2. The van der Waals surface area contributed by atoms with Crippen molar-refractivity contribution in [3.63, 3.8) is 0 Å². The molecule has 1 saturated carbocycles. The number of benzene rings is 1. The summed E-state index contributed by atoms with van der Waals surface area (Å²) in [5.41, 5.74) is 1.35. The zero-order valence-electron chi connectivity index (χ0n) is 15.1.